The largest absolute Gasteiger partial charge is 0.348 e. The van der Waals surface area contributed by atoms with Crippen LogP contribution in [0.15, 0.2) is 18.2 Å². The maximum Gasteiger partial charge on any atom is 0.252 e. The van der Waals surface area contributed by atoms with Crippen molar-refractivity contribution in [2.24, 2.45) is 0 Å². The highest BCUT2D eigenvalue weighted by Gasteiger charge is 2.34. The monoisotopic (exact) mass is 300 g/mol. The van der Waals surface area contributed by atoms with Crippen molar-refractivity contribution < 1.29 is 4.79 Å². The SMILES string of the molecule is CCc1cccc(C)c1C(=O)N[C@H]1CCC[C@H]1N1CCCC1. The predicted molar refractivity (Wildman–Crippen MR) is 90.3 cm³/mol. The Morgan fingerprint density at radius 2 is 2.00 bits per heavy atom. The van der Waals surface area contributed by atoms with Gasteiger partial charge in [-0.25, -0.2) is 0 Å². The highest BCUT2D eigenvalue weighted by molar-refractivity contribution is 5.97. The number of likely N-dealkylation sites (tertiary alicyclic amines) is 1. The first-order chi connectivity index (χ1) is 10.7. The molecule has 120 valence electrons. The number of aryl methyl sites for hydroxylation is 2. The van der Waals surface area contributed by atoms with Gasteiger partial charge in [-0.05, 0) is 69.7 Å². The average molecular weight is 300 g/mol. The van der Waals surface area contributed by atoms with E-state index in [4.69, 9.17) is 0 Å². The van der Waals surface area contributed by atoms with Crippen LogP contribution < -0.4 is 5.32 Å². The van der Waals surface area contributed by atoms with E-state index in [2.05, 4.69) is 23.2 Å². The number of benzene rings is 1. The highest BCUT2D eigenvalue weighted by atomic mass is 16.1. The molecule has 1 aliphatic carbocycles. The molecule has 1 aromatic carbocycles. The van der Waals surface area contributed by atoms with E-state index in [0.29, 0.717) is 12.1 Å². The quantitative estimate of drug-likeness (QED) is 0.925. The minimum Gasteiger partial charge on any atom is -0.348 e. The second-order valence-corrected chi connectivity index (χ2v) is 6.78. The summed E-state index contributed by atoms with van der Waals surface area (Å²) >= 11 is 0. The van der Waals surface area contributed by atoms with E-state index in [1.165, 1.54) is 38.8 Å². The molecule has 3 rings (SSSR count). The number of nitrogens with zero attached hydrogens (tertiary/aromatic N) is 1. The van der Waals surface area contributed by atoms with Crippen LogP contribution in [0.5, 0.6) is 0 Å². The van der Waals surface area contributed by atoms with Crippen molar-refractivity contribution in [3.05, 3.63) is 34.9 Å². The first-order valence-corrected chi connectivity index (χ1v) is 8.84. The third kappa shape index (κ3) is 3.05. The number of nitrogens with one attached hydrogen (secondary N) is 1. The molecular weight excluding hydrogens is 272 g/mol. The lowest BCUT2D eigenvalue weighted by Gasteiger charge is -2.30. The van der Waals surface area contributed by atoms with Crippen LogP contribution >= 0.6 is 0 Å². The molecule has 22 heavy (non-hydrogen) atoms. The van der Waals surface area contributed by atoms with Crippen molar-refractivity contribution in [3.8, 4) is 0 Å². The van der Waals surface area contributed by atoms with Gasteiger partial charge < -0.3 is 5.32 Å². The summed E-state index contributed by atoms with van der Waals surface area (Å²) in [7, 11) is 0. The van der Waals surface area contributed by atoms with Gasteiger partial charge >= 0.3 is 0 Å². The van der Waals surface area contributed by atoms with Gasteiger partial charge in [0, 0.05) is 17.6 Å². The van der Waals surface area contributed by atoms with E-state index in [9.17, 15) is 4.79 Å². The summed E-state index contributed by atoms with van der Waals surface area (Å²) < 4.78 is 0. The van der Waals surface area contributed by atoms with Crippen LogP contribution in [0.4, 0.5) is 0 Å². The fraction of sp³-hybridized carbons (Fsp3) is 0.632. The van der Waals surface area contributed by atoms with Crippen molar-refractivity contribution in [1.29, 1.82) is 0 Å². The van der Waals surface area contributed by atoms with E-state index in [1.54, 1.807) is 0 Å². The molecule has 1 saturated carbocycles. The van der Waals surface area contributed by atoms with Crippen LogP contribution in [0.2, 0.25) is 0 Å². The van der Waals surface area contributed by atoms with Crippen LogP contribution in [0.25, 0.3) is 0 Å². The molecule has 2 fully saturated rings. The van der Waals surface area contributed by atoms with E-state index in [0.717, 1.165) is 29.5 Å². The predicted octanol–water partition coefficient (Wildman–Crippen LogP) is 3.30. The second kappa shape index (κ2) is 6.82. The number of hydrogen-bond donors (Lipinski definition) is 1. The molecule has 0 spiro atoms. The average Bonchev–Trinajstić information content (AvgIpc) is 3.17. The molecule has 3 nitrogen and oxygen atoms in total. The van der Waals surface area contributed by atoms with E-state index in [-0.39, 0.29) is 5.91 Å². The Kier molecular flexibility index (Phi) is 4.82. The van der Waals surface area contributed by atoms with Gasteiger partial charge in [-0.15, -0.1) is 0 Å². The van der Waals surface area contributed by atoms with Crippen LogP contribution in [0, 0.1) is 6.92 Å². The van der Waals surface area contributed by atoms with Crippen molar-refractivity contribution in [1.82, 2.24) is 10.2 Å². The minimum absolute atomic E-state index is 0.131. The summed E-state index contributed by atoms with van der Waals surface area (Å²) in [6.07, 6.45) is 7.13. The summed E-state index contributed by atoms with van der Waals surface area (Å²) in [6.45, 7) is 6.58. The number of hydrogen-bond acceptors (Lipinski definition) is 2. The molecule has 1 heterocycles. The fourth-order valence-corrected chi connectivity index (χ4v) is 4.21. The first kappa shape index (κ1) is 15.5. The van der Waals surface area contributed by atoms with E-state index >= 15 is 0 Å². The Bertz CT molecular complexity index is 534. The number of rotatable bonds is 4. The van der Waals surface area contributed by atoms with Gasteiger partial charge in [0.05, 0.1) is 0 Å². The van der Waals surface area contributed by atoms with Gasteiger partial charge in [-0.1, -0.05) is 25.1 Å². The van der Waals surface area contributed by atoms with Crippen molar-refractivity contribution in [2.75, 3.05) is 13.1 Å². The number of carbonyl (C=O) groups excluding carboxylic acids is 1. The van der Waals surface area contributed by atoms with Crippen molar-refractivity contribution >= 4 is 5.91 Å². The van der Waals surface area contributed by atoms with Crippen LogP contribution in [-0.2, 0) is 6.42 Å². The summed E-state index contributed by atoms with van der Waals surface area (Å²) in [6, 6.07) is 7.05. The molecule has 1 aromatic rings. The Balaban J connectivity index is 1.73. The molecule has 0 radical (unpaired) electrons. The third-order valence-corrected chi connectivity index (χ3v) is 5.37. The molecule has 2 atom stereocenters. The first-order valence-electron chi connectivity index (χ1n) is 8.84. The van der Waals surface area contributed by atoms with Gasteiger partial charge in [0.15, 0.2) is 0 Å². The molecular formula is C19H28N2O. The fourth-order valence-electron chi connectivity index (χ4n) is 4.21. The van der Waals surface area contributed by atoms with Gasteiger partial charge in [0.1, 0.15) is 0 Å². The maximum absolute atomic E-state index is 12.8. The molecule has 1 amide bonds. The normalized spacial score (nSPS) is 25.5. The Morgan fingerprint density at radius 1 is 1.23 bits per heavy atom. The maximum atomic E-state index is 12.8. The molecule has 0 unspecified atom stereocenters. The van der Waals surface area contributed by atoms with Crippen LogP contribution in [-0.4, -0.2) is 36.0 Å². The lowest BCUT2D eigenvalue weighted by molar-refractivity contribution is 0.0911. The van der Waals surface area contributed by atoms with E-state index < -0.39 is 0 Å². The lowest BCUT2D eigenvalue weighted by atomic mass is 9.98. The highest BCUT2D eigenvalue weighted by Crippen LogP contribution is 2.28. The smallest absolute Gasteiger partial charge is 0.252 e. The van der Waals surface area contributed by atoms with Gasteiger partial charge in [-0.2, -0.15) is 0 Å². The zero-order valence-corrected chi connectivity index (χ0v) is 13.9. The van der Waals surface area contributed by atoms with Gasteiger partial charge in [-0.3, -0.25) is 9.69 Å². The van der Waals surface area contributed by atoms with Gasteiger partial charge in [0.25, 0.3) is 5.91 Å². The second-order valence-electron chi connectivity index (χ2n) is 6.78. The van der Waals surface area contributed by atoms with Crippen molar-refractivity contribution in [2.45, 2.75) is 64.5 Å². The molecule has 2 aliphatic rings. The molecule has 1 aliphatic heterocycles. The third-order valence-electron chi connectivity index (χ3n) is 5.37. The Labute approximate surface area is 134 Å². The molecule has 1 N–H and O–H groups in total. The van der Waals surface area contributed by atoms with Gasteiger partial charge in [0.2, 0.25) is 0 Å². The molecule has 1 saturated heterocycles. The number of amides is 1. The minimum atomic E-state index is 0.131. The summed E-state index contributed by atoms with van der Waals surface area (Å²) in [5.41, 5.74) is 3.15. The van der Waals surface area contributed by atoms with Crippen molar-refractivity contribution in [3.63, 3.8) is 0 Å². The molecule has 0 bridgehead atoms. The standard InChI is InChI=1S/C19H28N2O/c1-3-15-9-6-8-14(2)18(15)19(22)20-16-10-7-11-17(16)21-12-4-5-13-21/h6,8-9,16-17H,3-5,7,10-13H2,1-2H3,(H,20,22)/t16-,17+/m0/s1. The topological polar surface area (TPSA) is 32.3 Å². The Hall–Kier alpha value is -1.35. The van der Waals surface area contributed by atoms with Crippen LogP contribution in [0.1, 0.15) is 60.5 Å². The summed E-state index contributed by atoms with van der Waals surface area (Å²) in [5, 5.41) is 3.36. The lowest BCUT2D eigenvalue weighted by Crippen LogP contribution is -2.48. The zero-order chi connectivity index (χ0) is 15.5. The molecule has 3 heteroatoms. The number of carbonyl (C=O) groups is 1. The zero-order valence-electron chi connectivity index (χ0n) is 13.9. The Morgan fingerprint density at radius 3 is 2.73 bits per heavy atom. The molecule has 0 aromatic heterocycles. The summed E-state index contributed by atoms with van der Waals surface area (Å²) in [4.78, 5) is 15.4. The summed E-state index contributed by atoms with van der Waals surface area (Å²) in [5.74, 6) is 0.131. The van der Waals surface area contributed by atoms with E-state index in [1.807, 2.05) is 19.1 Å². The van der Waals surface area contributed by atoms with Crippen LogP contribution in [0.3, 0.4) is 0 Å².